The molecular formula is C33H23BrCl2N4O7S2. The third kappa shape index (κ3) is 5.39. The molecule has 0 radical (unpaired) electrons. The van der Waals surface area contributed by atoms with Crippen LogP contribution >= 0.6 is 62.2 Å². The summed E-state index contributed by atoms with van der Waals surface area (Å²) in [6.07, 6.45) is 0.676. The molecule has 6 unspecified atom stereocenters. The van der Waals surface area contributed by atoms with E-state index in [1.165, 1.54) is 29.2 Å². The molecule has 4 aromatic rings. The second kappa shape index (κ2) is 12.3. The van der Waals surface area contributed by atoms with Gasteiger partial charge in [-0.3, -0.25) is 34.2 Å². The maximum atomic E-state index is 14.1. The Kier molecular flexibility index (Phi) is 8.14. The smallest absolute Gasteiger partial charge is 0.305 e. The number of carbonyl (C=O) groups is 3. The predicted molar refractivity (Wildman–Crippen MR) is 189 cm³/mol. The van der Waals surface area contributed by atoms with E-state index in [2.05, 4.69) is 26.2 Å². The third-order valence-corrected chi connectivity index (χ3v) is 13.7. The SMILES string of the molecule is O=C(COc1ccc(Br)cc1[C@H]1c2sc(=O)[nH]c2SC2C3CC(C4C(=O)N(c5ccc([N+](=O)[O-])cc5)C(=O)C34)C21)Nc1ccc(Cl)c(Cl)c1. The van der Waals surface area contributed by atoms with Crippen LogP contribution < -0.4 is 19.8 Å². The quantitative estimate of drug-likeness (QED) is 0.114. The minimum Gasteiger partial charge on any atom is -0.483 e. The van der Waals surface area contributed by atoms with Gasteiger partial charge in [0.05, 0.1) is 37.5 Å². The number of hydrogen-bond donors (Lipinski definition) is 2. The Hall–Kier alpha value is -3.69. The number of H-pyrrole nitrogens is 1. The van der Waals surface area contributed by atoms with Crippen molar-refractivity contribution in [1.82, 2.24) is 4.98 Å². The second-order valence-corrected chi connectivity index (χ2v) is 16.3. The second-order valence-electron chi connectivity index (χ2n) is 12.4. The van der Waals surface area contributed by atoms with Gasteiger partial charge in [-0.2, -0.15) is 0 Å². The van der Waals surface area contributed by atoms with Crippen molar-refractivity contribution >= 4 is 97.0 Å². The van der Waals surface area contributed by atoms with Crippen LogP contribution in [0.25, 0.3) is 0 Å². The number of non-ortho nitro benzene ring substituents is 1. The van der Waals surface area contributed by atoms with Gasteiger partial charge in [0, 0.05) is 43.9 Å². The first-order valence-corrected chi connectivity index (χ1v) is 18.4. The van der Waals surface area contributed by atoms with Gasteiger partial charge in [-0.1, -0.05) is 50.5 Å². The van der Waals surface area contributed by atoms with Crippen molar-refractivity contribution in [2.24, 2.45) is 29.6 Å². The number of aromatic nitrogens is 1. The molecule has 2 bridgehead atoms. The van der Waals surface area contributed by atoms with E-state index < -0.39 is 22.7 Å². The number of thiazole rings is 1. The normalized spacial score (nSPS) is 26.3. The van der Waals surface area contributed by atoms with E-state index in [9.17, 15) is 29.3 Å². The molecule has 11 nitrogen and oxygen atoms in total. The van der Waals surface area contributed by atoms with Crippen molar-refractivity contribution in [1.29, 1.82) is 0 Å². The molecule has 250 valence electrons. The van der Waals surface area contributed by atoms with E-state index in [1.54, 1.807) is 36.0 Å². The average molecular weight is 803 g/mol. The van der Waals surface area contributed by atoms with Crippen LogP contribution in [0.2, 0.25) is 10.0 Å². The number of ether oxygens (including phenoxy) is 1. The Morgan fingerprint density at radius 1 is 1.02 bits per heavy atom. The van der Waals surface area contributed by atoms with Crippen molar-refractivity contribution in [3.63, 3.8) is 0 Å². The topological polar surface area (TPSA) is 152 Å². The molecule has 3 heterocycles. The first-order valence-electron chi connectivity index (χ1n) is 15.2. The maximum absolute atomic E-state index is 14.1. The number of aromatic amines is 1. The van der Waals surface area contributed by atoms with Crippen LogP contribution in [-0.2, 0) is 14.4 Å². The van der Waals surface area contributed by atoms with Gasteiger partial charge in [0.15, 0.2) is 6.61 Å². The zero-order chi connectivity index (χ0) is 34.3. The Morgan fingerprint density at radius 3 is 2.47 bits per heavy atom. The highest BCUT2D eigenvalue weighted by atomic mass is 79.9. The molecule has 4 aliphatic rings. The fourth-order valence-electron chi connectivity index (χ4n) is 8.15. The summed E-state index contributed by atoms with van der Waals surface area (Å²) in [5, 5.41) is 15.3. The van der Waals surface area contributed by atoms with Crippen LogP contribution in [0.3, 0.4) is 0 Å². The summed E-state index contributed by atoms with van der Waals surface area (Å²) in [5.74, 6) is -2.44. The molecule has 3 fully saturated rings. The fourth-order valence-corrected chi connectivity index (χ4v) is 11.7. The summed E-state index contributed by atoms with van der Waals surface area (Å²) in [5.41, 5.74) is 1.40. The molecule has 49 heavy (non-hydrogen) atoms. The molecule has 1 saturated heterocycles. The number of benzene rings is 3. The van der Waals surface area contributed by atoms with Crippen LogP contribution in [-0.4, -0.2) is 39.5 Å². The summed E-state index contributed by atoms with van der Waals surface area (Å²) in [6.45, 7) is -0.311. The Balaban J connectivity index is 1.12. The highest BCUT2D eigenvalue weighted by Crippen LogP contribution is 2.69. The standard InChI is InChI=1S/C33H23BrCl2N4O7S2/c34-13-1-8-22(47-12-23(41)37-14-2-7-20(35)21(36)10-14)17(9-13)24-25-18-11-19(28(25)48-30-29(24)49-33(44)38-30)27-26(18)31(42)39(32(27)43)15-3-5-16(6-4-15)40(45)46/h1-10,18-19,24-28H,11-12H2,(H,37,41)(H,38,44)/t18?,19?,24-,25?,26?,27?,28?/m1/s1. The van der Waals surface area contributed by atoms with Gasteiger partial charge in [-0.15, -0.1) is 11.8 Å². The molecule has 2 aliphatic heterocycles. The molecule has 2 aliphatic carbocycles. The number of thioether (sulfide) groups is 1. The largest absolute Gasteiger partial charge is 0.483 e. The van der Waals surface area contributed by atoms with Gasteiger partial charge < -0.3 is 15.0 Å². The maximum Gasteiger partial charge on any atom is 0.305 e. The summed E-state index contributed by atoms with van der Waals surface area (Å²) < 4.78 is 6.92. The van der Waals surface area contributed by atoms with Gasteiger partial charge in [-0.05, 0) is 72.7 Å². The molecule has 2 N–H and O–H groups in total. The summed E-state index contributed by atoms with van der Waals surface area (Å²) in [7, 11) is 0. The monoisotopic (exact) mass is 800 g/mol. The van der Waals surface area contributed by atoms with Gasteiger partial charge in [0.2, 0.25) is 11.8 Å². The number of rotatable bonds is 7. The highest BCUT2D eigenvalue weighted by molar-refractivity contribution is 9.10. The molecule has 8 rings (SSSR count). The number of nitrogens with one attached hydrogen (secondary N) is 2. The van der Waals surface area contributed by atoms with Crippen LogP contribution in [0.5, 0.6) is 5.75 Å². The molecule has 3 aromatic carbocycles. The predicted octanol–water partition coefficient (Wildman–Crippen LogP) is 7.11. The first kappa shape index (κ1) is 32.5. The fraction of sp³-hybridized carbons (Fsp3) is 0.273. The van der Waals surface area contributed by atoms with E-state index in [4.69, 9.17) is 27.9 Å². The summed E-state index contributed by atoms with van der Waals surface area (Å²) in [6, 6.07) is 15.7. The average Bonchev–Trinajstić information content (AvgIpc) is 3.81. The number of halogens is 3. The van der Waals surface area contributed by atoms with Crippen LogP contribution in [0.1, 0.15) is 22.8 Å². The molecular weight excluding hydrogens is 779 g/mol. The summed E-state index contributed by atoms with van der Waals surface area (Å²) in [4.78, 5) is 69.2. The third-order valence-electron chi connectivity index (χ3n) is 9.91. The number of nitrogens with zero attached hydrogens (tertiary/aromatic N) is 2. The van der Waals surface area contributed by atoms with E-state index in [0.717, 1.165) is 31.3 Å². The molecule has 1 aromatic heterocycles. The number of imide groups is 1. The van der Waals surface area contributed by atoms with Gasteiger partial charge >= 0.3 is 4.87 Å². The molecule has 16 heteroatoms. The Morgan fingerprint density at radius 2 is 1.76 bits per heavy atom. The minimum absolute atomic E-state index is 0.0765. The van der Waals surface area contributed by atoms with Crippen LogP contribution in [0.4, 0.5) is 17.1 Å². The number of nitro groups is 1. The Bertz CT molecular complexity index is 2140. The van der Waals surface area contributed by atoms with E-state index >= 15 is 0 Å². The van der Waals surface area contributed by atoms with Gasteiger partial charge in [-0.25, -0.2) is 0 Å². The first-order chi connectivity index (χ1) is 23.5. The lowest BCUT2D eigenvalue weighted by Crippen LogP contribution is -2.42. The molecule has 2 saturated carbocycles. The highest BCUT2D eigenvalue weighted by Gasteiger charge is 2.70. The van der Waals surface area contributed by atoms with Crippen LogP contribution in [0.15, 0.2) is 75.0 Å². The molecule has 0 spiro atoms. The van der Waals surface area contributed by atoms with E-state index in [0.29, 0.717) is 33.6 Å². The number of fused-ring (bicyclic) bond motifs is 9. The summed E-state index contributed by atoms with van der Waals surface area (Å²) >= 11 is 18.4. The van der Waals surface area contributed by atoms with E-state index in [-0.39, 0.29) is 57.9 Å². The number of hydrogen-bond acceptors (Lipinski definition) is 9. The number of carbonyl (C=O) groups excluding carboxylic acids is 3. The zero-order valence-electron chi connectivity index (χ0n) is 24.9. The number of anilines is 2. The number of amides is 3. The van der Waals surface area contributed by atoms with Crippen LogP contribution in [0, 0.1) is 39.7 Å². The van der Waals surface area contributed by atoms with Gasteiger partial charge in [0.1, 0.15) is 5.75 Å². The minimum atomic E-state index is -0.567. The zero-order valence-corrected chi connectivity index (χ0v) is 29.7. The van der Waals surface area contributed by atoms with E-state index in [1.807, 2.05) is 12.1 Å². The lowest BCUT2D eigenvalue weighted by atomic mass is 9.68. The van der Waals surface area contributed by atoms with Crippen molar-refractivity contribution in [2.75, 3.05) is 16.8 Å². The lowest BCUT2D eigenvalue weighted by Gasteiger charge is -2.43. The van der Waals surface area contributed by atoms with Crippen molar-refractivity contribution in [2.45, 2.75) is 22.6 Å². The Labute approximate surface area is 304 Å². The van der Waals surface area contributed by atoms with Crippen molar-refractivity contribution in [3.05, 3.63) is 105 Å². The number of nitro benzene ring substituents is 1. The van der Waals surface area contributed by atoms with Crippen molar-refractivity contribution < 1.29 is 24.0 Å². The lowest BCUT2D eigenvalue weighted by molar-refractivity contribution is -0.384. The molecule has 7 atom stereocenters. The molecule has 3 amide bonds. The van der Waals surface area contributed by atoms with Crippen molar-refractivity contribution in [3.8, 4) is 5.75 Å². The van der Waals surface area contributed by atoms with Gasteiger partial charge in [0.25, 0.3) is 11.6 Å².